The largest absolute Gasteiger partial charge is 0.399 e. The SMILES string of the molecule is CCCCCCCOCC(=O)Nc1cc(N)ccc1F. The van der Waals surface area contributed by atoms with Crippen LogP contribution >= 0.6 is 0 Å². The van der Waals surface area contributed by atoms with Gasteiger partial charge in [-0.2, -0.15) is 0 Å². The molecule has 20 heavy (non-hydrogen) atoms. The number of nitrogens with two attached hydrogens (primary N) is 1. The number of anilines is 2. The van der Waals surface area contributed by atoms with Crippen molar-refractivity contribution in [2.75, 3.05) is 24.3 Å². The first-order chi connectivity index (χ1) is 9.63. The number of benzene rings is 1. The fraction of sp³-hybridized carbons (Fsp3) is 0.533. The Hall–Kier alpha value is -1.62. The van der Waals surface area contributed by atoms with Crippen molar-refractivity contribution in [3.63, 3.8) is 0 Å². The Labute approximate surface area is 119 Å². The quantitative estimate of drug-likeness (QED) is 0.539. The van der Waals surface area contributed by atoms with Gasteiger partial charge in [-0.3, -0.25) is 4.79 Å². The van der Waals surface area contributed by atoms with Crippen molar-refractivity contribution in [2.45, 2.75) is 39.0 Å². The lowest BCUT2D eigenvalue weighted by atomic mass is 10.2. The lowest BCUT2D eigenvalue weighted by Gasteiger charge is -2.08. The molecule has 0 fully saturated rings. The molecule has 0 radical (unpaired) electrons. The Bertz CT molecular complexity index is 424. The van der Waals surface area contributed by atoms with Crippen LogP contribution in [0.5, 0.6) is 0 Å². The fourth-order valence-corrected chi connectivity index (χ4v) is 1.80. The first-order valence-corrected chi connectivity index (χ1v) is 7.06. The van der Waals surface area contributed by atoms with Crippen LogP contribution in [-0.2, 0) is 9.53 Å². The van der Waals surface area contributed by atoms with E-state index in [0.29, 0.717) is 12.3 Å². The van der Waals surface area contributed by atoms with E-state index in [2.05, 4.69) is 12.2 Å². The summed E-state index contributed by atoms with van der Waals surface area (Å²) in [6, 6.07) is 4.05. The highest BCUT2D eigenvalue weighted by Gasteiger charge is 2.07. The number of carbonyl (C=O) groups is 1. The molecule has 0 aliphatic rings. The van der Waals surface area contributed by atoms with Crippen LogP contribution in [0.3, 0.4) is 0 Å². The molecule has 0 saturated carbocycles. The van der Waals surface area contributed by atoms with Gasteiger partial charge >= 0.3 is 0 Å². The van der Waals surface area contributed by atoms with Gasteiger partial charge in [0.1, 0.15) is 12.4 Å². The maximum Gasteiger partial charge on any atom is 0.250 e. The Morgan fingerprint density at radius 3 is 2.80 bits per heavy atom. The lowest BCUT2D eigenvalue weighted by Crippen LogP contribution is -2.19. The van der Waals surface area contributed by atoms with Crippen molar-refractivity contribution in [3.8, 4) is 0 Å². The van der Waals surface area contributed by atoms with Crippen LogP contribution in [0.4, 0.5) is 15.8 Å². The van der Waals surface area contributed by atoms with Gasteiger partial charge in [0.2, 0.25) is 5.91 Å². The highest BCUT2D eigenvalue weighted by molar-refractivity contribution is 5.92. The topological polar surface area (TPSA) is 64.3 Å². The molecule has 0 unspecified atom stereocenters. The van der Waals surface area contributed by atoms with E-state index in [-0.39, 0.29) is 18.2 Å². The predicted octanol–water partition coefficient (Wildman–Crippen LogP) is 3.33. The second-order valence-electron chi connectivity index (χ2n) is 4.75. The normalized spacial score (nSPS) is 10.5. The number of ether oxygens (including phenoxy) is 1. The smallest absolute Gasteiger partial charge is 0.250 e. The molecule has 1 aromatic carbocycles. The minimum Gasteiger partial charge on any atom is -0.399 e. The van der Waals surface area contributed by atoms with Gasteiger partial charge in [-0.05, 0) is 24.6 Å². The Morgan fingerprint density at radius 2 is 2.05 bits per heavy atom. The Kier molecular flexibility index (Phi) is 7.65. The van der Waals surface area contributed by atoms with Crippen molar-refractivity contribution in [2.24, 2.45) is 0 Å². The van der Waals surface area contributed by atoms with Crippen molar-refractivity contribution in [1.82, 2.24) is 0 Å². The predicted molar refractivity (Wildman–Crippen MR) is 79.0 cm³/mol. The van der Waals surface area contributed by atoms with Gasteiger partial charge in [-0.15, -0.1) is 0 Å². The number of hydrogen-bond acceptors (Lipinski definition) is 3. The molecule has 0 atom stereocenters. The molecule has 112 valence electrons. The molecule has 4 nitrogen and oxygen atoms in total. The van der Waals surface area contributed by atoms with Gasteiger partial charge in [-0.25, -0.2) is 4.39 Å². The monoisotopic (exact) mass is 282 g/mol. The summed E-state index contributed by atoms with van der Waals surface area (Å²) >= 11 is 0. The van der Waals surface area contributed by atoms with Crippen LogP contribution in [0.1, 0.15) is 39.0 Å². The van der Waals surface area contributed by atoms with Crippen molar-refractivity contribution in [1.29, 1.82) is 0 Å². The molecule has 1 rings (SSSR count). The maximum absolute atomic E-state index is 13.4. The number of hydrogen-bond donors (Lipinski definition) is 2. The second kappa shape index (κ2) is 9.31. The molecule has 5 heteroatoms. The van der Waals surface area contributed by atoms with Gasteiger partial charge in [0, 0.05) is 12.3 Å². The van der Waals surface area contributed by atoms with Crippen molar-refractivity contribution < 1.29 is 13.9 Å². The first kappa shape index (κ1) is 16.4. The van der Waals surface area contributed by atoms with Crippen molar-refractivity contribution >= 4 is 17.3 Å². The average molecular weight is 282 g/mol. The van der Waals surface area contributed by atoms with Gasteiger partial charge in [0.05, 0.1) is 5.69 Å². The molecule has 0 saturated heterocycles. The van der Waals surface area contributed by atoms with E-state index in [1.807, 2.05) is 0 Å². The third-order valence-electron chi connectivity index (χ3n) is 2.89. The average Bonchev–Trinajstić information content (AvgIpc) is 2.42. The summed E-state index contributed by atoms with van der Waals surface area (Å²) in [5.74, 6) is -0.879. The summed E-state index contributed by atoms with van der Waals surface area (Å²) in [6.07, 6.45) is 5.68. The Balaban J connectivity index is 2.19. The number of rotatable bonds is 9. The van der Waals surface area contributed by atoms with Gasteiger partial charge in [0.25, 0.3) is 0 Å². The van der Waals surface area contributed by atoms with E-state index in [0.717, 1.165) is 12.8 Å². The van der Waals surface area contributed by atoms with E-state index in [9.17, 15) is 9.18 Å². The molecule has 0 aromatic heterocycles. The number of carbonyl (C=O) groups excluding carboxylic acids is 1. The van der Waals surface area contributed by atoms with Gasteiger partial charge < -0.3 is 15.8 Å². The van der Waals surface area contributed by atoms with Crippen LogP contribution in [0.15, 0.2) is 18.2 Å². The van der Waals surface area contributed by atoms with E-state index >= 15 is 0 Å². The minimum atomic E-state index is -0.507. The van der Waals surface area contributed by atoms with Crippen LogP contribution in [0, 0.1) is 5.82 Å². The number of nitrogen functional groups attached to an aromatic ring is 1. The summed E-state index contributed by atoms with van der Waals surface area (Å²) in [5.41, 5.74) is 6.02. The number of unbranched alkanes of at least 4 members (excludes halogenated alkanes) is 4. The Morgan fingerprint density at radius 1 is 1.30 bits per heavy atom. The number of nitrogens with one attached hydrogen (secondary N) is 1. The molecule has 0 spiro atoms. The zero-order valence-corrected chi connectivity index (χ0v) is 12.0. The van der Waals surface area contributed by atoms with Gasteiger partial charge in [0.15, 0.2) is 0 Å². The fourth-order valence-electron chi connectivity index (χ4n) is 1.80. The molecule has 1 aromatic rings. The lowest BCUT2D eigenvalue weighted by molar-refractivity contribution is -0.120. The highest BCUT2D eigenvalue weighted by atomic mass is 19.1. The highest BCUT2D eigenvalue weighted by Crippen LogP contribution is 2.17. The second-order valence-corrected chi connectivity index (χ2v) is 4.75. The van der Waals surface area contributed by atoms with E-state index in [1.54, 1.807) is 0 Å². The molecular weight excluding hydrogens is 259 g/mol. The molecular formula is C15H23FN2O2. The third kappa shape index (κ3) is 6.52. The summed E-state index contributed by atoms with van der Waals surface area (Å²) in [7, 11) is 0. The number of halogens is 1. The zero-order chi connectivity index (χ0) is 14.8. The summed E-state index contributed by atoms with van der Waals surface area (Å²) in [6.45, 7) is 2.65. The maximum atomic E-state index is 13.4. The first-order valence-electron chi connectivity index (χ1n) is 7.06. The van der Waals surface area contributed by atoms with E-state index in [1.165, 1.54) is 37.5 Å². The molecule has 0 bridgehead atoms. The molecule has 0 heterocycles. The minimum absolute atomic E-state index is 0.0674. The van der Waals surface area contributed by atoms with Crippen LogP contribution in [0.2, 0.25) is 0 Å². The molecule has 0 aliphatic heterocycles. The third-order valence-corrected chi connectivity index (χ3v) is 2.89. The van der Waals surface area contributed by atoms with Gasteiger partial charge in [-0.1, -0.05) is 32.6 Å². The van der Waals surface area contributed by atoms with Crippen LogP contribution < -0.4 is 11.1 Å². The summed E-state index contributed by atoms with van der Waals surface area (Å²) in [5, 5.41) is 2.44. The zero-order valence-electron chi connectivity index (χ0n) is 12.0. The number of amides is 1. The molecule has 0 aliphatic carbocycles. The molecule has 1 amide bonds. The summed E-state index contributed by atoms with van der Waals surface area (Å²) in [4.78, 5) is 11.6. The molecule has 3 N–H and O–H groups in total. The van der Waals surface area contributed by atoms with E-state index in [4.69, 9.17) is 10.5 Å². The summed E-state index contributed by atoms with van der Waals surface area (Å²) < 4.78 is 18.6. The standard InChI is InChI=1S/C15H23FN2O2/c1-2-3-4-5-6-9-20-11-15(19)18-14-10-12(17)7-8-13(14)16/h7-8,10H,2-6,9,11,17H2,1H3,(H,18,19). The van der Waals surface area contributed by atoms with Crippen molar-refractivity contribution in [3.05, 3.63) is 24.0 Å². The van der Waals surface area contributed by atoms with E-state index < -0.39 is 5.82 Å². The van der Waals surface area contributed by atoms with Crippen LogP contribution in [-0.4, -0.2) is 19.1 Å². The van der Waals surface area contributed by atoms with Crippen LogP contribution in [0.25, 0.3) is 0 Å².